The van der Waals surface area contributed by atoms with Gasteiger partial charge >= 0.3 is 18.0 Å². The lowest BCUT2D eigenvalue weighted by molar-refractivity contribution is -0.164. The van der Waals surface area contributed by atoms with E-state index in [0.717, 1.165) is 10.7 Å². The molecule has 352 valence electrons. The van der Waals surface area contributed by atoms with Crippen molar-refractivity contribution >= 4 is 39.4 Å². The van der Waals surface area contributed by atoms with Crippen molar-refractivity contribution in [3.05, 3.63) is 64.1 Å². The highest BCUT2D eigenvalue weighted by Gasteiger charge is 2.44. The van der Waals surface area contributed by atoms with Crippen LogP contribution in [0.4, 0.5) is 4.79 Å². The summed E-state index contributed by atoms with van der Waals surface area (Å²) in [6.07, 6.45) is -2.60. The van der Waals surface area contributed by atoms with Crippen LogP contribution in [0.5, 0.6) is 17.2 Å². The van der Waals surface area contributed by atoms with Gasteiger partial charge in [0.05, 0.1) is 67.1 Å². The minimum absolute atomic E-state index is 0.00277. The first-order valence-electron chi connectivity index (χ1n) is 21.1. The number of ether oxygens (including phenoxy) is 10. The first-order chi connectivity index (χ1) is 30.8. The molecule has 0 radical (unpaired) electrons. The fraction of sp³-hybridized carbons (Fsp3) is 0.581. The van der Waals surface area contributed by atoms with Crippen molar-refractivity contribution in [3.63, 3.8) is 0 Å². The van der Waals surface area contributed by atoms with Crippen molar-refractivity contribution in [1.82, 2.24) is 19.5 Å². The number of thiazole rings is 1. The molecule has 21 heteroatoms. The van der Waals surface area contributed by atoms with Crippen molar-refractivity contribution in [2.45, 2.75) is 69.7 Å². The first-order valence-corrected chi connectivity index (χ1v) is 23.4. The van der Waals surface area contributed by atoms with Crippen LogP contribution in [0.15, 0.2) is 52.7 Å². The Morgan fingerprint density at radius 1 is 0.969 bits per heavy atom. The Labute approximate surface area is 377 Å². The summed E-state index contributed by atoms with van der Waals surface area (Å²) < 4.78 is 86.1. The van der Waals surface area contributed by atoms with Gasteiger partial charge in [-0.2, -0.15) is 4.31 Å². The standard InChI is InChI=1S/C43H58N4O15S2/c1-28(2)20-47(64(51,52)33-10-11-36-37(19-33)60-27-59-36)21-38(61-41(49)25-57-40(48)22-46(13-16-53-4)14-17-54-5)35(45-43(50)62-39-24-58-42-34(39)12-15-55-42)18-30-6-8-32(9-7-30)56-23-31-26-63-29(3)44-31/h6-11,19,26,28,34-35,38-39,42H,12-18,20-25,27H2,1-5H3,(H,45,50)/t34-,35-,38+,39?,42+/m0/s1. The van der Waals surface area contributed by atoms with Crippen molar-refractivity contribution in [2.75, 3.05) is 86.8 Å². The highest BCUT2D eigenvalue weighted by Crippen LogP contribution is 2.36. The molecule has 1 N–H and O–H groups in total. The van der Waals surface area contributed by atoms with Crippen LogP contribution in [0.1, 0.15) is 36.5 Å². The molecule has 2 fully saturated rings. The average Bonchev–Trinajstić information content (AvgIpc) is 4.10. The maximum atomic E-state index is 14.5. The number of aromatic nitrogens is 1. The van der Waals surface area contributed by atoms with Crippen molar-refractivity contribution in [3.8, 4) is 17.2 Å². The van der Waals surface area contributed by atoms with Crippen LogP contribution in [0.2, 0.25) is 0 Å². The fourth-order valence-electron chi connectivity index (χ4n) is 7.35. The highest BCUT2D eigenvalue weighted by atomic mass is 32.2. The molecule has 2 saturated heterocycles. The van der Waals surface area contributed by atoms with Gasteiger partial charge < -0.3 is 52.7 Å². The number of nitrogens with zero attached hydrogens (tertiary/aromatic N) is 3. The van der Waals surface area contributed by atoms with Crippen LogP contribution in [0.25, 0.3) is 0 Å². The van der Waals surface area contributed by atoms with Gasteiger partial charge in [0.1, 0.15) is 24.6 Å². The number of aryl methyl sites for hydroxylation is 1. The van der Waals surface area contributed by atoms with E-state index in [1.54, 1.807) is 43.4 Å². The second-order valence-electron chi connectivity index (χ2n) is 15.9. The van der Waals surface area contributed by atoms with Crippen LogP contribution >= 0.6 is 11.3 Å². The van der Waals surface area contributed by atoms with Gasteiger partial charge in [-0.1, -0.05) is 26.0 Å². The predicted molar refractivity (Wildman–Crippen MR) is 230 cm³/mol. The summed E-state index contributed by atoms with van der Waals surface area (Å²) in [5, 5.41) is 5.74. The molecule has 4 heterocycles. The summed E-state index contributed by atoms with van der Waals surface area (Å²) in [5.74, 6) is -0.801. The molecule has 3 aliphatic rings. The minimum atomic E-state index is -4.30. The van der Waals surface area contributed by atoms with Crippen LogP contribution in [0, 0.1) is 18.8 Å². The van der Waals surface area contributed by atoms with E-state index in [4.69, 9.17) is 47.4 Å². The lowest BCUT2D eigenvalue weighted by atomic mass is 10.0. The lowest BCUT2D eigenvalue weighted by Gasteiger charge is -2.33. The summed E-state index contributed by atoms with van der Waals surface area (Å²) in [7, 11) is -1.21. The molecule has 19 nitrogen and oxygen atoms in total. The largest absolute Gasteiger partial charge is 0.487 e. The van der Waals surface area contributed by atoms with Gasteiger partial charge in [-0.15, -0.1) is 11.3 Å². The van der Waals surface area contributed by atoms with Crippen LogP contribution in [0.3, 0.4) is 0 Å². The molecule has 1 amide bonds. The van der Waals surface area contributed by atoms with E-state index in [0.29, 0.717) is 56.4 Å². The van der Waals surface area contributed by atoms with Gasteiger partial charge in [0.25, 0.3) is 0 Å². The number of benzene rings is 2. The Bertz CT molecular complexity index is 2100. The number of amides is 1. The summed E-state index contributed by atoms with van der Waals surface area (Å²) >= 11 is 1.53. The molecule has 3 aromatic rings. The van der Waals surface area contributed by atoms with Gasteiger partial charge in [0.15, 0.2) is 24.4 Å². The quantitative estimate of drug-likeness (QED) is 0.0952. The maximum Gasteiger partial charge on any atom is 0.407 e. The number of carbonyl (C=O) groups is 3. The maximum absolute atomic E-state index is 14.5. The second-order valence-corrected chi connectivity index (χ2v) is 18.9. The molecular weight excluding hydrogens is 877 g/mol. The van der Waals surface area contributed by atoms with Crippen molar-refractivity contribution < 1.29 is 70.2 Å². The number of sulfonamides is 1. The second kappa shape index (κ2) is 23.5. The van der Waals surface area contributed by atoms with Gasteiger partial charge in [-0.3, -0.25) is 9.69 Å². The number of methoxy groups -OCH3 is 2. The molecule has 3 aliphatic heterocycles. The molecular formula is C43H58N4O15S2. The number of hydrogen-bond donors (Lipinski definition) is 1. The predicted octanol–water partition coefficient (Wildman–Crippen LogP) is 3.55. The summed E-state index contributed by atoms with van der Waals surface area (Å²) in [6, 6.07) is 10.3. The Balaban J connectivity index is 1.27. The molecule has 0 spiro atoms. The zero-order valence-electron chi connectivity index (χ0n) is 36.8. The van der Waals surface area contributed by atoms with Crippen molar-refractivity contribution in [2.24, 2.45) is 11.8 Å². The molecule has 0 saturated carbocycles. The van der Waals surface area contributed by atoms with E-state index in [2.05, 4.69) is 10.3 Å². The number of hydrogen-bond acceptors (Lipinski definition) is 18. The molecule has 0 aliphatic carbocycles. The Kier molecular flexibility index (Phi) is 18.0. The van der Waals surface area contributed by atoms with Crippen LogP contribution in [-0.2, 0) is 65.8 Å². The fourth-order valence-corrected chi connectivity index (χ4v) is 9.58. The number of esters is 2. The molecule has 1 aromatic heterocycles. The molecule has 0 bridgehead atoms. The third kappa shape index (κ3) is 13.9. The average molecular weight is 935 g/mol. The Hall–Kier alpha value is -4.61. The van der Waals surface area contributed by atoms with E-state index >= 15 is 0 Å². The molecule has 64 heavy (non-hydrogen) atoms. The van der Waals surface area contributed by atoms with E-state index < -0.39 is 65.7 Å². The number of nitrogens with one attached hydrogen (secondary N) is 1. The summed E-state index contributed by atoms with van der Waals surface area (Å²) in [4.78, 5) is 46.8. The van der Waals surface area contributed by atoms with E-state index in [1.807, 2.05) is 26.2 Å². The third-order valence-electron chi connectivity index (χ3n) is 10.6. The molecule has 2 aromatic carbocycles. The summed E-state index contributed by atoms with van der Waals surface area (Å²) in [6.45, 7) is 6.58. The van der Waals surface area contributed by atoms with E-state index in [1.165, 1.54) is 33.8 Å². The topological polar surface area (TPSA) is 209 Å². The van der Waals surface area contributed by atoms with E-state index in [9.17, 15) is 22.8 Å². The van der Waals surface area contributed by atoms with E-state index in [-0.39, 0.29) is 62.0 Å². The summed E-state index contributed by atoms with van der Waals surface area (Å²) in [5.41, 5.74) is 1.48. The van der Waals surface area contributed by atoms with Gasteiger partial charge in [0, 0.05) is 45.3 Å². The molecule has 5 atom stereocenters. The smallest absolute Gasteiger partial charge is 0.407 e. The number of carbonyl (C=O) groups excluding carboxylic acids is 3. The first kappa shape index (κ1) is 48.8. The molecule has 6 rings (SSSR count). The van der Waals surface area contributed by atoms with Crippen molar-refractivity contribution in [1.29, 1.82) is 0 Å². The third-order valence-corrected chi connectivity index (χ3v) is 13.2. The number of rotatable bonds is 25. The van der Waals surface area contributed by atoms with Crippen LogP contribution < -0.4 is 19.5 Å². The SMILES string of the molecule is COCCN(CCOC)CC(=O)OCC(=O)O[C@H](CN(CC(C)C)S(=O)(=O)c1ccc2c(c1)OCO2)[C@H](Cc1ccc(OCc2csc(C)n2)cc1)NC(=O)OC1CO[C@H]2OCC[C@@H]12. The Morgan fingerprint density at radius 2 is 1.72 bits per heavy atom. The number of alkyl carbamates (subject to hydrolysis) is 1. The zero-order chi connectivity index (χ0) is 45.6. The minimum Gasteiger partial charge on any atom is -0.487 e. The zero-order valence-corrected chi connectivity index (χ0v) is 38.4. The number of fused-ring (bicyclic) bond motifs is 2. The van der Waals surface area contributed by atoms with Gasteiger partial charge in [-0.25, -0.2) is 23.0 Å². The molecule has 1 unspecified atom stereocenters. The van der Waals surface area contributed by atoms with Gasteiger partial charge in [0.2, 0.25) is 16.8 Å². The van der Waals surface area contributed by atoms with Gasteiger partial charge in [-0.05, 0) is 55.5 Å². The Morgan fingerprint density at radius 3 is 2.42 bits per heavy atom. The normalized spacial score (nSPS) is 18.8. The highest BCUT2D eigenvalue weighted by molar-refractivity contribution is 7.89. The monoisotopic (exact) mass is 934 g/mol. The van der Waals surface area contributed by atoms with Crippen LogP contribution in [-0.4, -0.2) is 152 Å². The lowest BCUT2D eigenvalue weighted by Crippen LogP contribution is -2.53.